The average molecular weight is 274 g/mol. The van der Waals surface area contributed by atoms with Crippen LogP contribution in [0.1, 0.15) is 13.3 Å². The number of pyridine rings is 1. The van der Waals surface area contributed by atoms with Gasteiger partial charge in [0.05, 0.1) is 30.7 Å². The summed E-state index contributed by atoms with van der Waals surface area (Å²) >= 11 is 0. The molecule has 0 spiro atoms. The number of carboxylic acid groups (broad SMARTS) is 1. The molecule has 2 N–H and O–H groups in total. The van der Waals surface area contributed by atoms with E-state index in [9.17, 15) is 13.2 Å². The Labute approximate surface area is 105 Å². The summed E-state index contributed by atoms with van der Waals surface area (Å²) in [6, 6.07) is 3.02. The zero-order valence-corrected chi connectivity index (χ0v) is 10.6. The summed E-state index contributed by atoms with van der Waals surface area (Å²) in [4.78, 5) is 14.2. The largest absolute Gasteiger partial charge is 0.481 e. The van der Waals surface area contributed by atoms with Crippen molar-refractivity contribution >= 4 is 21.7 Å². The van der Waals surface area contributed by atoms with E-state index in [0.717, 1.165) is 0 Å². The molecule has 0 atom stereocenters. The van der Waals surface area contributed by atoms with Gasteiger partial charge in [-0.2, -0.15) is 0 Å². The van der Waals surface area contributed by atoms with E-state index in [0.29, 0.717) is 12.5 Å². The first-order chi connectivity index (χ1) is 8.43. The Balaban J connectivity index is 2.63. The summed E-state index contributed by atoms with van der Waals surface area (Å²) in [6.45, 7) is 2.28. The second kappa shape index (κ2) is 6.20. The molecule has 18 heavy (non-hydrogen) atoms. The van der Waals surface area contributed by atoms with Crippen LogP contribution in [0.5, 0.6) is 5.88 Å². The highest BCUT2D eigenvalue weighted by atomic mass is 32.2. The molecule has 8 heteroatoms. The van der Waals surface area contributed by atoms with Crippen molar-refractivity contribution in [1.82, 2.24) is 4.98 Å². The normalized spacial score (nSPS) is 10.9. The summed E-state index contributed by atoms with van der Waals surface area (Å²) in [6.07, 6.45) is 0.864. The van der Waals surface area contributed by atoms with Gasteiger partial charge in [-0.1, -0.05) is 0 Å². The minimum Gasteiger partial charge on any atom is -0.481 e. The molecule has 0 aliphatic heterocycles. The molecule has 1 aromatic rings. The van der Waals surface area contributed by atoms with Gasteiger partial charge in [-0.3, -0.25) is 9.52 Å². The van der Waals surface area contributed by atoms with Crippen molar-refractivity contribution in [2.45, 2.75) is 13.3 Å². The van der Waals surface area contributed by atoms with Crippen molar-refractivity contribution < 1.29 is 23.1 Å². The van der Waals surface area contributed by atoms with E-state index in [1.54, 1.807) is 0 Å². The lowest BCUT2D eigenvalue weighted by Crippen LogP contribution is -2.18. The highest BCUT2D eigenvalue weighted by molar-refractivity contribution is 7.92. The zero-order valence-electron chi connectivity index (χ0n) is 9.79. The Morgan fingerprint density at radius 1 is 1.50 bits per heavy atom. The predicted molar refractivity (Wildman–Crippen MR) is 65.1 cm³/mol. The van der Waals surface area contributed by atoms with E-state index in [1.807, 2.05) is 6.92 Å². The van der Waals surface area contributed by atoms with Crippen LogP contribution in [-0.2, 0) is 14.8 Å². The molecule has 0 unspecified atom stereocenters. The Kier molecular flexibility index (Phi) is 4.90. The molecule has 0 bridgehead atoms. The third-order valence-electron chi connectivity index (χ3n) is 1.89. The number of hydrogen-bond donors (Lipinski definition) is 2. The minimum absolute atomic E-state index is 0.267. The summed E-state index contributed by atoms with van der Waals surface area (Å²) in [5.74, 6) is -1.24. The number of nitrogens with one attached hydrogen (secondary N) is 1. The summed E-state index contributed by atoms with van der Waals surface area (Å²) < 4.78 is 30.3. The molecule has 0 saturated carbocycles. The molecule has 7 nitrogen and oxygen atoms in total. The van der Waals surface area contributed by atoms with Crippen molar-refractivity contribution in [3.8, 4) is 5.88 Å². The minimum atomic E-state index is -3.67. The monoisotopic (exact) mass is 274 g/mol. The van der Waals surface area contributed by atoms with Crippen LogP contribution in [0.25, 0.3) is 0 Å². The molecule has 0 amide bonds. The predicted octanol–water partition coefficient (Wildman–Crippen LogP) is 0.697. The van der Waals surface area contributed by atoms with Gasteiger partial charge in [0.25, 0.3) is 0 Å². The fourth-order valence-electron chi connectivity index (χ4n) is 1.13. The summed E-state index contributed by atoms with van der Waals surface area (Å²) in [7, 11) is -3.67. The number of aliphatic carboxylic acids is 1. The first kappa shape index (κ1) is 14.2. The maximum Gasteiger partial charge on any atom is 0.304 e. The van der Waals surface area contributed by atoms with Crippen molar-refractivity contribution in [2.24, 2.45) is 0 Å². The molecule has 1 rings (SSSR count). The van der Waals surface area contributed by atoms with E-state index >= 15 is 0 Å². The SMILES string of the molecule is CCOc1ccc(NS(=O)(=O)CCC(=O)O)cn1. The van der Waals surface area contributed by atoms with Crippen LogP contribution in [0.15, 0.2) is 18.3 Å². The fraction of sp³-hybridized carbons (Fsp3) is 0.400. The molecule has 0 radical (unpaired) electrons. The number of ether oxygens (including phenoxy) is 1. The standard InChI is InChI=1S/C10H14N2O5S/c1-2-17-9-4-3-8(7-11-9)12-18(15,16)6-5-10(13)14/h3-4,7,12H,2,5-6H2,1H3,(H,13,14). The fourth-order valence-corrected chi connectivity index (χ4v) is 2.15. The van der Waals surface area contributed by atoms with Gasteiger partial charge in [0.1, 0.15) is 0 Å². The van der Waals surface area contributed by atoms with Crippen LogP contribution in [0.3, 0.4) is 0 Å². The van der Waals surface area contributed by atoms with Gasteiger partial charge in [0.15, 0.2) is 0 Å². The lowest BCUT2D eigenvalue weighted by atomic mass is 10.4. The van der Waals surface area contributed by atoms with Crippen molar-refractivity contribution in [3.63, 3.8) is 0 Å². The Hall–Kier alpha value is -1.83. The highest BCUT2D eigenvalue weighted by Gasteiger charge is 2.13. The first-order valence-electron chi connectivity index (χ1n) is 5.24. The smallest absolute Gasteiger partial charge is 0.304 e. The maximum absolute atomic E-state index is 11.5. The number of carbonyl (C=O) groups is 1. The molecular formula is C10H14N2O5S. The first-order valence-corrected chi connectivity index (χ1v) is 6.89. The lowest BCUT2D eigenvalue weighted by molar-refractivity contribution is -0.136. The number of aromatic nitrogens is 1. The van der Waals surface area contributed by atoms with Crippen LogP contribution >= 0.6 is 0 Å². The third-order valence-corrected chi connectivity index (χ3v) is 3.17. The van der Waals surface area contributed by atoms with Gasteiger partial charge in [-0.05, 0) is 13.0 Å². The van der Waals surface area contributed by atoms with Gasteiger partial charge >= 0.3 is 5.97 Å². The second-order valence-electron chi connectivity index (χ2n) is 3.38. The second-order valence-corrected chi connectivity index (χ2v) is 5.22. The van der Waals surface area contributed by atoms with Crippen molar-refractivity contribution in [1.29, 1.82) is 0 Å². The Bertz CT molecular complexity index is 498. The summed E-state index contributed by atoms with van der Waals surface area (Å²) in [5, 5.41) is 8.42. The Morgan fingerprint density at radius 2 is 2.22 bits per heavy atom. The molecule has 0 saturated heterocycles. The van der Waals surface area contributed by atoms with E-state index in [2.05, 4.69) is 9.71 Å². The third kappa shape index (κ3) is 5.00. The Morgan fingerprint density at radius 3 is 2.72 bits per heavy atom. The topological polar surface area (TPSA) is 106 Å². The molecule has 1 aromatic heterocycles. The zero-order chi connectivity index (χ0) is 13.6. The van der Waals surface area contributed by atoms with Gasteiger partial charge in [0, 0.05) is 6.07 Å². The van der Waals surface area contributed by atoms with E-state index in [1.165, 1.54) is 18.3 Å². The number of carboxylic acids is 1. The van der Waals surface area contributed by atoms with Crippen LogP contribution < -0.4 is 9.46 Å². The molecule has 1 heterocycles. The van der Waals surface area contributed by atoms with Gasteiger partial charge in [-0.15, -0.1) is 0 Å². The van der Waals surface area contributed by atoms with Crippen LogP contribution in [0.4, 0.5) is 5.69 Å². The van der Waals surface area contributed by atoms with Crippen LogP contribution in [0.2, 0.25) is 0 Å². The number of nitrogens with zero attached hydrogens (tertiary/aromatic N) is 1. The molecule has 0 fully saturated rings. The lowest BCUT2D eigenvalue weighted by Gasteiger charge is -2.07. The van der Waals surface area contributed by atoms with Gasteiger partial charge in [-0.25, -0.2) is 13.4 Å². The number of sulfonamides is 1. The van der Waals surface area contributed by atoms with Gasteiger partial charge < -0.3 is 9.84 Å². The average Bonchev–Trinajstić information content (AvgIpc) is 2.29. The van der Waals surface area contributed by atoms with E-state index in [4.69, 9.17) is 9.84 Å². The van der Waals surface area contributed by atoms with Crippen molar-refractivity contribution in [3.05, 3.63) is 18.3 Å². The van der Waals surface area contributed by atoms with E-state index in [-0.39, 0.29) is 5.69 Å². The van der Waals surface area contributed by atoms with Crippen LogP contribution in [0, 0.1) is 0 Å². The molecule has 100 valence electrons. The number of rotatable bonds is 7. The van der Waals surface area contributed by atoms with Crippen molar-refractivity contribution in [2.75, 3.05) is 17.1 Å². The van der Waals surface area contributed by atoms with Gasteiger partial charge in [0.2, 0.25) is 15.9 Å². The van der Waals surface area contributed by atoms with E-state index < -0.39 is 28.2 Å². The molecule has 0 aliphatic rings. The quantitative estimate of drug-likeness (QED) is 0.758. The number of hydrogen-bond acceptors (Lipinski definition) is 5. The number of anilines is 1. The summed E-state index contributed by atoms with van der Waals surface area (Å²) in [5.41, 5.74) is 0.267. The molecule has 0 aliphatic carbocycles. The maximum atomic E-state index is 11.5. The molecule has 0 aromatic carbocycles. The molecular weight excluding hydrogens is 260 g/mol. The highest BCUT2D eigenvalue weighted by Crippen LogP contribution is 2.13. The van der Waals surface area contributed by atoms with Crippen LogP contribution in [-0.4, -0.2) is 36.8 Å².